The summed E-state index contributed by atoms with van der Waals surface area (Å²) in [4.78, 5) is 31.4. The molecule has 5 nitrogen and oxygen atoms in total. The number of thiazole rings is 1. The Hall–Kier alpha value is -1.43. The number of piperazine rings is 1. The van der Waals surface area contributed by atoms with Crippen molar-refractivity contribution in [1.29, 1.82) is 0 Å². The average molecular weight is 279 g/mol. The number of amides is 2. The van der Waals surface area contributed by atoms with Crippen molar-refractivity contribution in [2.75, 3.05) is 0 Å². The molecular formula is C13H17N3O2S. The number of hydrogen-bond donors (Lipinski definition) is 1. The quantitative estimate of drug-likeness (QED) is 0.900. The molecular weight excluding hydrogens is 262 g/mol. The van der Waals surface area contributed by atoms with Crippen molar-refractivity contribution < 1.29 is 9.59 Å². The smallest absolute Gasteiger partial charge is 0.246 e. The van der Waals surface area contributed by atoms with Crippen LogP contribution in [0.2, 0.25) is 0 Å². The van der Waals surface area contributed by atoms with E-state index >= 15 is 0 Å². The van der Waals surface area contributed by atoms with Gasteiger partial charge in [-0.25, -0.2) is 4.98 Å². The lowest BCUT2D eigenvalue weighted by molar-refractivity contribution is -0.149. The minimum absolute atomic E-state index is 0.0438. The zero-order valence-electron chi connectivity index (χ0n) is 11.0. The van der Waals surface area contributed by atoms with Gasteiger partial charge < -0.3 is 10.2 Å². The first-order chi connectivity index (χ1) is 9.06. The fourth-order valence-electron chi connectivity index (χ4n) is 2.46. The fourth-order valence-corrected chi connectivity index (χ4v) is 3.25. The van der Waals surface area contributed by atoms with E-state index in [1.807, 2.05) is 6.92 Å². The van der Waals surface area contributed by atoms with Crippen molar-refractivity contribution in [3.8, 4) is 0 Å². The highest BCUT2D eigenvalue weighted by Crippen LogP contribution is 2.35. The lowest BCUT2D eigenvalue weighted by atomic mass is 10.0. The van der Waals surface area contributed by atoms with Crippen LogP contribution in [0.1, 0.15) is 29.7 Å². The molecule has 102 valence electrons. The van der Waals surface area contributed by atoms with Crippen molar-refractivity contribution in [1.82, 2.24) is 15.2 Å². The molecule has 19 heavy (non-hydrogen) atoms. The first kappa shape index (κ1) is 12.6. The molecule has 6 heteroatoms. The summed E-state index contributed by atoms with van der Waals surface area (Å²) in [5.41, 5.74) is 0. The van der Waals surface area contributed by atoms with E-state index in [-0.39, 0.29) is 17.9 Å². The van der Waals surface area contributed by atoms with E-state index in [0.29, 0.717) is 12.5 Å². The lowest BCUT2D eigenvalue weighted by Crippen LogP contribution is -2.62. The number of nitrogens with one attached hydrogen (secondary N) is 1. The summed E-state index contributed by atoms with van der Waals surface area (Å²) in [6.07, 6.45) is 3.87. The van der Waals surface area contributed by atoms with E-state index in [2.05, 4.69) is 10.3 Å². The minimum Gasteiger partial charge on any atom is -0.342 e. The summed E-state index contributed by atoms with van der Waals surface area (Å²) in [5.74, 6) is 0.355. The number of carbonyl (C=O) groups excluding carboxylic acids is 2. The Labute approximate surface area is 116 Å². The van der Waals surface area contributed by atoms with E-state index < -0.39 is 6.04 Å². The average Bonchev–Trinajstić information content (AvgIpc) is 3.13. The van der Waals surface area contributed by atoms with Crippen molar-refractivity contribution >= 4 is 23.2 Å². The molecule has 0 bridgehead atoms. The topological polar surface area (TPSA) is 62.3 Å². The van der Waals surface area contributed by atoms with Gasteiger partial charge in [0.15, 0.2) is 0 Å². The Morgan fingerprint density at radius 2 is 2.21 bits per heavy atom. The monoisotopic (exact) mass is 279 g/mol. The molecule has 2 amide bonds. The second-order valence-corrected chi connectivity index (χ2v) is 6.63. The highest BCUT2D eigenvalue weighted by molar-refractivity contribution is 7.11. The zero-order chi connectivity index (χ0) is 13.6. The first-order valence-electron chi connectivity index (χ1n) is 6.58. The van der Waals surface area contributed by atoms with Crippen LogP contribution < -0.4 is 5.32 Å². The number of aromatic nitrogens is 1. The van der Waals surface area contributed by atoms with Crippen LogP contribution in [-0.2, 0) is 16.1 Å². The van der Waals surface area contributed by atoms with Crippen LogP contribution in [0, 0.1) is 12.8 Å². The standard InChI is InChI=1S/C13H17N3O2S/c1-7-12(17)15-11(9-3-4-9)13(18)16(7)6-10-5-14-8(2)19-10/h5,7,9,11H,3-4,6H2,1-2H3,(H,15,17). The molecule has 1 N–H and O–H groups in total. The number of hydrogen-bond acceptors (Lipinski definition) is 4. The predicted octanol–water partition coefficient (Wildman–Crippen LogP) is 1.08. The second-order valence-electron chi connectivity index (χ2n) is 5.31. The maximum atomic E-state index is 12.5. The molecule has 2 unspecified atom stereocenters. The molecule has 1 saturated carbocycles. The van der Waals surface area contributed by atoms with Gasteiger partial charge in [0.05, 0.1) is 11.6 Å². The van der Waals surface area contributed by atoms with Crippen LogP contribution in [0.4, 0.5) is 0 Å². The normalized spacial score (nSPS) is 27.6. The van der Waals surface area contributed by atoms with Gasteiger partial charge >= 0.3 is 0 Å². The SMILES string of the molecule is Cc1ncc(CN2C(=O)C(C3CC3)NC(=O)C2C)s1. The van der Waals surface area contributed by atoms with Crippen LogP contribution >= 0.6 is 11.3 Å². The molecule has 0 spiro atoms. The maximum Gasteiger partial charge on any atom is 0.246 e. The summed E-state index contributed by atoms with van der Waals surface area (Å²) < 4.78 is 0. The number of carbonyl (C=O) groups is 2. The van der Waals surface area contributed by atoms with E-state index in [1.165, 1.54) is 0 Å². The highest BCUT2D eigenvalue weighted by Gasteiger charge is 2.45. The van der Waals surface area contributed by atoms with E-state index in [0.717, 1.165) is 22.7 Å². The third kappa shape index (κ3) is 2.36. The number of rotatable bonds is 3. The van der Waals surface area contributed by atoms with E-state index in [1.54, 1.807) is 29.4 Å². The summed E-state index contributed by atoms with van der Waals surface area (Å²) in [6, 6.07) is -0.706. The Kier molecular flexibility index (Phi) is 3.05. The predicted molar refractivity (Wildman–Crippen MR) is 71.5 cm³/mol. The molecule has 0 aromatic carbocycles. The van der Waals surface area contributed by atoms with Gasteiger partial charge in [-0.2, -0.15) is 0 Å². The van der Waals surface area contributed by atoms with Crippen molar-refractivity contribution in [3.05, 3.63) is 16.1 Å². The van der Waals surface area contributed by atoms with Crippen LogP contribution in [-0.4, -0.2) is 33.8 Å². The van der Waals surface area contributed by atoms with Gasteiger partial charge in [-0.1, -0.05) is 0 Å². The third-order valence-corrected chi connectivity index (χ3v) is 4.68. The minimum atomic E-state index is -0.398. The van der Waals surface area contributed by atoms with Gasteiger partial charge in [0.1, 0.15) is 12.1 Å². The molecule has 1 aliphatic heterocycles. The van der Waals surface area contributed by atoms with Gasteiger partial charge in [0.2, 0.25) is 11.8 Å². The molecule has 1 aromatic heterocycles. The van der Waals surface area contributed by atoms with Gasteiger partial charge in [0, 0.05) is 11.1 Å². The van der Waals surface area contributed by atoms with Gasteiger partial charge in [-0.15, -0.1) is 11.3 Å². The Morgan fingerprint density at radius 1 is 1.47 bits per heavy atom. The van der Waals surface area contributed by atoms with Crippen LogP contribution in [0.25, 0.3) is 0 Å². The molecule has 2 fully saturated rings. The fraction of sp³-hybridized carbons (Fsp3) is 0.615. The van der Waals surface area contributed by atoms with Gasteiger partial charge in [0.25, 0.3) is 0 Å². The Bertz CT molecular complexity index is 524. The number of aryl methyl sites for hydroxylation is 1. The zero-order valence-corrected chi connectivity index (χ0v) is 11.9. The Balaban J connectivity index is 1.80. The maximum absolute atomic E-state index is 12.5. The molecule has 0 radical (unpaired) electrons. The molecule has 2 heterocycles. The van der Waals surface area contributed by atoms with Gasteiger partial charge in [-0.05, 0) is 32.6 Å². The van der Waals surface area contributed by atoms with E-state index in [9.17, 15) is 9.59 Å². The highest BCUT2D eigenvalue weighted by atomic mass is 32.1. The number of nitrogens with zero attached hydrogens (tertiary/aromatic N) is 2. The van der Waals surface area contributed by atoms with Crippen LogP contribution in [0.15, 0.2) is 6.20 Å². The summed E-state index contributed by atoms with van der Waals surface area (Å²) in [6.45, 7) is 4.21. The Morgan fingerprint density at radius 3 is 2.79 bits per heavy atom. The third-order valence-electron chi connectivity index (χ3n) is 3.78. The van der Waals surface area contributed by atoms with E-state index in [4.69, 9.17) is 0 Å². The van der Waals surface area contributed by atoms with Crippen molar-refractivity contribution in [3.63, 3.8) is 0 Å². The molecule has 3 rings (SSSR count). The molecule has 1 aromatic rings. The molecule has 2 atom stereocenters. The van der Waals surface area contributed by atoms with Crippen molar-refractivity contribution in [2.45, 2.75) is 45.3 Å². The molecule has 1 aliphatic carbocycles. The summed E-state index contributed by atoms with van der Waals surface area (Å²) in [5, 5.41) is 3.84. The first-order valence-corrected chi connectivity index (χ1v) is 7.40. The van der Waals surface area contributed by atoms with Crippen LogP contribution in [0.5, 0.6) is 0 Å². The van der Waals surface area contributed by atoms with Crippen LogP contribution in [0.3, 0.4) is 0 Å². The van der Waals surface area contributed by atoms with Gasteiger partial charge in [-0.3, -0.25) is 9.59 Å². The molecule has 1 saturated heterocycles. The molecule has 2 aliphatic rings. The lowest BCUT2D eigenvalue weighted by Gasteiger charge is -2.37. The van der Waals surface area contributed by atoms with Crippen molar-refractivity contribution in [2.24, 2.45) is 5.92 Å². The summed E-state index contributed by atoms with van der Waals surface area (Å²) in [7, 11) is 0. The largest absolute Gasteiger partial charge is 0.342 e. The second kappa shape index (κ2) is 4.59. The summed E-state index contributed by atoms with van der Waals surface area (Å²) >= 11 is 1.58.